The van der Waals surface area contributed by atoms with Crippen molar-refractivity contribution in [3.05, 3.63) is 48.0 Å². The summed E-state index contributed by atoms with van der Waals surface area (Å²) in [5, 5.41) is 0. The lowest BCUT2D eigenvalue weighted by atomic mass is 9.89. The van der Waals surface area contributed by atoms with Crippen molar-refractivity contribution >= 4 is 11.8 Å². The zero-order valence-corrected chi connectivity index (χ0v) is 9.63. The topological polar surface area (TPSA) is 43.4 Å². The van der Waals surface area contributed by atoms with Gasteiger partial charge >= 0.3 is 5.97 Å². The van der Waals surface area contributed by atoms with Gasteiger partial charge in [-0.2, -0.15) is 0 Å². The number of esters is 1. The Bertz CT molecular complexity index is 448. The van der Waals surface area contributed by atoms with Crippen molar-refractivity contribution in [2.45, 2.75) is 25.4 Å². The van der Waals surface area contributed by atoms with Gasteiger partial charge in [0.2, 0.25) is 0 Å². The number of hydrogen-bond donors (Lipinski definition) is 0. The van der Waals surface area contributed by atoms with Gasteiger partial charge in [-0.15, -0.1) is 0 Å². The second-order valence-electron chi connectivity index (χ2n) is 4.18. The highest BCUT2D eigenvalue weighted by Crippen LogP contribution is 2.29. The first kappa shape index (κ1) is 11.6. The van der Waals surface area contributed by atoms with Crippen LogP contribution in [0.5, 0.6) is 0 Å². The van der Waals surface area contributed by atoms with Gasteiger partial charge < -0.3 is 9.53 Å². The van der Waals surface area contributed by atoms with Crippen molar-refractivity contribution in [3.63, 3.8) is 0 Å². The third-order valence-corrected chi connectivity index (χ3v) is 2.81. The fraction of sp³-hybridized carbons (Fsp3) is 0.286. The van der Waals surface area contributed by atoms with Gasteiger partial charge in [0, 0.05) is 18.4 Å². The summed E-state index contributed by atoms with van der Waals surface area (Å²) in [6, 6.07) is 9.66. The van der Waals surface area contributed by atoms with Gasteiger partial charge in [-0.25, -0.2) is 4.79 Å². The van der Waals surface area contributed by atoms with E-state index in [0.29, 0.717) is 6.42 Å². The van der Waals surface area contributed by atoms with Crippen LogP contribution >= 0.6 is 0 Å². The number of carbonyl (C=O) groups excluding carboxylic acids is 2. The van der Waals surface area contributed by atoms with Crippen molar-refractivity contribution < 1.29 is 14.3 Å². The number of cyclic esters (lactones) is 1. The van der Waals surface area contributed by atoms with E-state index >= 15 is 0 Å². The number of hydrogen-bond acceptors (Lipinski definition) is 3. The first-order chi connectivity index (χ1) is 8.16. The van der Waals surface area contributed by atoms with Gasteiger partial charge in [0.1, 0.15) is 11.9 Å². The summed E-state index contributed by atoms with van der Waals surface area (Å²) >= 11 is 0. The number of rotatable bonds is 4. The first-order valence-electron chi connectivity index (χ1n) is 5.60. The molecule has 17 heavy (non-hydrogen) atoms. The van der Waals surface area contributed by atoms with Gasteiger partial charge in [-0.05, 0) is 18.6 Å². The maximum Gasteiger partial charge on any atom is 0.331 e. The molecule has 0 radical (unpaired) electrons. The van der Waals surface area contributed by atoms with Crippen LogP contribution in [0, 0.1) is 0 Å². The number of ketones is 1. The molecule has 3 nitrogen and oxygen atoms in total. The zero-order valence-electron chi connectivity index (χ0n) is 9.63. The van der Waals surface area contributed by atoms with E-state index in [2.05, 4.69) is 0 Å². The Kier molecular flexibility index (Phi) is 3.38. The second-order valence-corrected chi connectivity index (χ2v) is 4.18. The van der Waals surface area contributed by atoms with E-state index in [1.54, 1.807) is 13.0 Å². The standard InChI is InChI=1S/C14H14O3/c1-10(15)9-12(11-5-3-2-4-6-11)13-7-8-14(16)17-13/h2-8,12-13H,9H2,1H3/t12-,13-/m0/s1. The Balaban J connectivity index is 2.23. The van der Waals surface area contributed by atoms with Crippen LogP contribution < -0.4 is 0 Å². The van der Waals surface area contributed by atoms with E-state index < -0.39 is 0 Å². The average Bonchev–Trinajstić information content (AvgIpc) is 2.73. The van der Waals surface area contributed by atoms with E-state index in [1.165, 1.54) is 6.08 Å². The lowest BCUT2D eigenvalue weighted by molar-refractivity contribution is -0.140. The van der Waals surface area contributed by atoms with Gasteiger partial charge in [0.05, 0.1) is 0 Å². The Labute approximate surface area is 100 Å². The minimum Gasteiger partial charge on any atom is -0.454 e. The highest BCUT2D eigenvalue weighted by Gasteiger charge is 2.28. The maximum atomic E-state index is 11.3. The predicted octanol–water partition coefficient (Wildman–Crippen LogP) is 2.23. The van der Waals surface area contributed by atoms with E-state index in [9.17, 15) is 9.59 Å². The van der Waals surface area contributed by atoms with E-state index in [4.69, 9.17) is 4.74 Å². The fourth-order valence-electron chi connectivity index (χ4n) is 2.04. The molecule has 0 saturated carbocycles. The fourth-order valence-corrected chi connectivity index (χ4v) is 2.04. The van der Waals surface area contributed by atoms with E-state index in [1.807, 2.05) is 30.3 Å². The molecule has 0 fully saturated rings. The molecule has 0 aromatic heterocycles. The molecule has 0 spiro atoms. The molecule has 2 atom stereocenters. The SMILES string of the molecule is CC(=O)C[C@@H](c1ccccc1)[C@@H]1C=CC(=O)O1. The minimum absolute atomic E-state index is 0.0867. The first-order valence-corrected chi connectivity index (χ1v) is 5.60. The number of carbonyl (C=O) groups is 2. The van der Waals surface area contributed by atoms with Gasteiger partial charge in [0.25, 0.3) is 0 Å². The van der Waals surface area contributed by atoms with Crippen molar-refractivity contribution in [2.75, 3.05) is 0 Å². The third-order valence-electron chi connectivity index (χ3n) is 2.81. The van der Waals surface area contributed by atoms with Crippen LogP contribution in [0.15, 0.2) is 42.5 Å². The smallest absolute Gasteiger partial charge is 0.331 e. The summed E-state index contributed by atoms with van der Waals surface area (Å²) in [5.41, 5.74) is 1.02. The minimum atomic E-state index is -0.334. The number of benzene rings is 1. The summed E-state index contributed by atoms with van der Waals surface area (Å²) in [5.74, 6) is -0.328. The Morgan fingerprint density at radius 1 is 1.35 bits per heavy atom. The molecule has 1 aliphatic rings. The van der Waals surface area contributed by atoms with Crippen LogP contribution in [0.1, 0.15) is 24.8 Å². The molecule has 0 aliphatic carbocycles. The second kappa shape index (κ2) is 4.95. The largest absolute Gasteiger partial charge is 0.454 e. The number of ether oxygens (including phenoxy) is 1. The molecule has 0 saturated heterocycles. The lowest BCUT2D eigenvalue weighted by Crippen LogP contribution is -2.20. The number of Topliss-reactive ketones (excluding diaryl/α,β-unsaturated/α-hetero) is 1. The average molecular weight is 230 g/mol. The summed E-state index contributed by atoms with van der Waals surface area (Å²) in [6.45, 7) is 1.55. The highest BCUT2D eigenvalue weighted by atomic mass is 16.5. The van der Waals surface area contributed by atoms with E-state index in [-0.39, 0.29) is 23.8 Å². The molecular weight excluding hydrogens is 216 g/mol. The van der Waals surface area contributed by atoms with Crippen molar-refractivity contribution in [1.29, 1.82) is 0 Å². The molecule has 0 N–H and O–H groups in total. The van der Waals surface area contributed by atoms with Gasteiger partial charge in [0.15, 0.2) is 0 Å². The Hall–Kier alpha value is -1.90. The van der Waals surface area contributed by atoms with Gasteiger partial charge in [-0.3, -0.25) is 0 Å². The van der Waals surface area contributed by atoms with Crippen LogP contribution in [-0.2, 0) is 14.3 Å². The highest BCUT2D eigenvalue weighted by molar-refractivity contribution is 5.85. The van der Waals surface area contributed by atoms with Gasteiger partial charge in [-0.1, -0.05) is 30.3 Å². The molecule has 1 aromatic rings. The Morgan fingerprint density at radius 3 is 2.59 bits per heavy atom. The summed E-state index contributed by atoms with van der Waals surface area (Å²) < 4.78 is 5.18. The quantitative estimate of drug-likeness (QED) is 0.745. The molecule has 0 amide bonds. The molecule has 1 aromatic carbocycles. The maximum absolute atomic E-state index is 11.3. The van der Waals surface area contributed by atoms with Crippen LogP contribution in [0.3, 0.4) is 0 Å². The Morgan fingerprint density at radius 2 is 2.06 bits per heavy atom. The molecule has 1 aliphatic heterocycles. The molecule has 0 unspecified atom stereocenters. The third kappa shape index (κ3) is 2.81. The zero-order chi connectivity index (χ0) is 12.3. The summed E-state index contributed by atoms with van der Waals surface area (Å²) in [4.78, 5) is 22.4. The van der Waals surface area contributed by atoms with Crippen LogP contribution in [-0.4, -0.2) is 17.9 Å². The molecule has 1 heterocycles. The van der Waals surface area contributed by atoms with Crippen LogP contribution in [0.4, 0.5) is 0 Å². The summed E-state index contributed by atoms with van der Waals surface area (Å²) in [6.07, 6.45) is 3.20. The summed E-state index contributed by atoms with van der Waals surface area (Å²) in [7, 11) is 0. The van der Waals surface area contributed by atoms with Crippen molar-refractivity contribution in [2.24, 2.45) is 0 Å². The molecule has 2 rings (SSSR count). The lowest BCUT2D eigenvalue weighted by Gasteiger charge is -2.21. The van der Waals surface area contributed by atoms with Crippen molar-refractivity contribution in [3.8, 4) is 0 Å². The van der Waals surface area contributed by atoms with Crippen LogP contribution in [0.25, 0.3) is 0 Å². The molecule has 88 valence electrons. The van der Waals surface area contributed by atoms with Crippen LogP contribution in [0.2, 0.25) is 0 Å². The van der Waals surface area contributed by atoms with Crippen molar-refractivity contribution in [1.82, 2.24) is 0 Å². The molecule has 3 heteroatoms. The predicted molar refractivity (Wildman–Crippen MR) is 63.5 cm³/mol. The monoisotopic (exact) mass is 230 g/mol. The van der Waals surface area contributed by atoms with E-state index in [0.717, 1.165) is 5.56 Å². The molecule has 0 bridgehead atoms. The molecular formula is C14H14O3. The normalized spacial score (nSPS) is 20.1.